The molecule has 27 heavy (non-hydrogen) atoms. The van der Waals surface area contributed by atoms with Crippen molar-refractivity contribution in [2.45, 2.75) is 25.5 Å². The number of aromatic nitrogens is 2. The minimum absolute atomic E-state index is 0.531. The van der Waals surface area contributed by atoms with Crippen molar-refractivity contribution in [1.82, 2.24) is 15.3 Å². The molecule has 2 aromatic rings. The summed E-state index contributed by atoms with van der Waals surface area (Å²) in [6.45, 7) is 6.36. The Morgan fingerprint density at radius 3 is 2.70 bits per heavy atom. The summed E-state index contributed by atoms with van der Waals surface area (Å²) in [5, 5.41) is 14.2. The smallest absolute Gasteiger partial charge is 0.225 e. The van der Waals surface area contributed by atoms with Crippen molar-refractivity contribution in [1.29, 1.82) is 0 Å². The molecule has 1 aliphatic heterocycles. The molecule has 1 fully saturated rings. The van der Waals surface area contributed by atoms with Gasteiger partial charge in [0.1, 0.15) is 12.4 Å². The Hall–Kier alpha value is -2.22. The second-order valence-corrected chi connectivity index (χ2v) is 6.74. The molecule has 1 aromatic carbocycles. The predicted octanol–water partition coefficient (Wildman–Crippen LogP) is 1.62. The lowest BCUT2D eigenvalue weighted by Crippen LogP contribution is -2.43. The molecule has 146 valence electrons. The van der Waals surface area contributed by atoms with Gasteiger partial charge in [-0.1, -0.05) is 12.1 Å². The quantitative estimate of drug-likeness (QED) is 0.614. The van der Waals surface area contributed by atoms with Crippen LogP contribution >= 0.6 is 0 Å². The fraction of sp³-hybridized carbons (Fsp3) is 0.500. The van der Waals surface area contributed by atoms with Gasteiger partial charge < -0.3 is 24.8 Å². The van der Waals surface area contributed by atoms with Crippen LogP contribution in [-0.2, 0) is 11.3 Å². The van der Waals surface area contributed by atoms with E-state index in [0.717, 1.165) is 17.9 Å². The van der Waals surface area contributed by atoms with Crippen LogP contribution in [0.3, 0.4) is 0 Å². The molecular formula is C20H28N4O3. The van der Waals surface area contributed by atoms with E-state index in [1.165, 1.54) is 0 Å². The van der Waals surface area contributed by atoms with E-state index in [2.05, 4.69) is 15.3 Å². The molecule has 1 saturated heterocycles. The molecule has 0 amide bonds. The number of anilines is 1. The lowest BCUT2D eigenvalue weighted by atomic mass is 10.0. The van der Waals surface area contributed by atoms with Crippen LogP contribution in [0.25, 0.3) is 0 Å². The summed E-state index contributed by atoms with van der Waals surface area (Å²) in [7, 11) is 0. The van der Waals surface area contributed by atoms with E-state index in [1.807, 2.05) is 36.1 Å². The molecule has 0 aliphatic carbocycles. The lowest BCUT2D eigenvalue weighted by molar-refractivity contribution is 0.0626. The summed E-state index contributed by atoms with van der Waals surface area (Å²) < 4.78 is 10.9. The highest BCUT2D eigenvalue weighted by Gasteiger charge is 2.36. The van der Waals surface area contributed by atoms with Crippen molar-refractivity contribution in [3.63, 3.8) is 0 Å². The molecular weight excluding hydrogens is 344 g/mol. The minimum atomic E-state index is -0.762. The van der Waals surface area contributed by atoms with E-state index in [0.29, 0.717) is 51.8 Å². The molecule has 0 spiro atoms. The molecule has 0 saturated carbocycles. The van der Waals surface area contributed by atoms with Gasteiger partial charge in [-0.2, -0.15) is 0 Å². The largest absolute Gasteiger partial charge is 0.491 e. The Balaban J connectivity index is 1.40. The molecule has 2 N–H and O–H groups in total. The first kappa shape index (κ1) is 19.5. The highest BCUT2D eigenvalue weighted by molar-refractivity contribution is 5.32. The SMILES string of the molecule is CCOCCOc1ccc(CNC[C@@]2(O)CCN(c3ncccn3)C2)cc1. The fourth-order valence-corrected chi connectivity index (χ4v) is 3.13. The fourth-order valence-electron chi connectivity index (χ4n) is 3.13. The zero-order valence-electron chi connectivity index (χ0n) is 15.8. The molecule has 1 atom stereocenters. The van der Waals surface area contributed by atoms with E-state index in [-0.39, 0.29) is 0 Å². The predicted molar refractivity (Wildman–Crippen MR) is 104 cm³/mol. The Kier molecular flexibility index (Phi) is 6.98. The third-order valence-electron chi connectivity index (χ3n) is 4.57. The molecule has 3 rings (SSSR count). The van der Waals surface area contributed by atoms with Gasteiger partial charge in [0.2, 0.25) is 5.95 Å². The minimum Gasteiger partial charge on any atom is -0.491 e. The number of β-amino-alcohol motifs (C(OH)–C–C–N with tert-alkyl or cyclic N) is 1. The van der Waals surface area contributed by atoms with Crippen molar-refractivity contribution >= 4 is 5.95 Å². The number of hydrogen-bond acceptors (Lipinski definition) is 7. The standard InChI is InChI=1S/C20H28N4O3/c1-2-26-12-13-27-18-6-4-17(5-7-18)14-21-15-20(25)8-11-24(16-20)19-22-9-3-10-23-19/h3-7,9-10,21,25H,2,8,11-16H2,1H3/t20-/m0/s1. The third-order valence-corrected chi connectivity index (χ3v) is 4.57. The van der Waals surface area contributed by atoms with Gasteiger partial charge in [-0.15, -0.1) is 0 Å². The molecule has 7 nitrogen and oxygen atoms in total. The van der Waals surface area contributed by atoms with Crippen LogP contribution in [0.1, 0.15) is 18.9 Å². The zero-order valence-corrected chi connectivity index (χ0v) is 15.8. The number of ether oxygens (including phenoxy) is 2. The van der Waals surface area contributed by atoms with Gasteiger partial charge in [-0.25, -0.2) is 9.97 Å². The van der Waals surface area contributed by atoms with Gasteiger partial charge in [0.25, 0.3) is 0 Å². The van der Waals surface area contributed by atoms with Gasteiger partial charge in [0.15, 0.2) is 0 Å². The maximum Gasteiger partial charge on any atom is 0.225 e. The van der Waals surface area contributed by atoms with E-state index in [1.54, 1.807) is 18.5 Å². The van der Waals surface area contributed by atoms with Crippen LogP contribution in [-0.4, -0.2) is 60.1 Å². The van der Waals surface area contributed by atoms with Crippen LogP contribution < -0.4 is 15.0 Å². The first-order valence-corrected chi connectivity index (χ1v) is 9.43. The van der Waals surface area contributed by atoms with Gasteiger partial charge in [0.05, 0.1) is 18.8 Å². The highest BCUT2D eigenvalue weighted by atomic mass is 16.5. The summed E-state index contributed by atoms with van der Waals surface area (Å²) in [6.07, 6.45) is 4.15. The lowest BCUT2D eigenvalue weighted by Gasteiger charge is -2.24. The average Bonchev–Trinajstić information content (AvgIpc) is 3.09. The summed E-state index contributed by atoms with van der Waals surface area (Å²) >= 11 is 0. The van der Waals surface area contributed by atoms with Crippen molar-refractivity contribution in [3.05, 3.63) is 48.3 Å². The summed E-state index contributed by atoms with van der Waals surface area (Å²) in [6, 6.07) is 9.78. The highest BCUT2D eigenvalue weighted by Crippen LogP contribution is 2.23. The first-order chi connectivity index (χ1) is 13.2. The number of nitrogens with zero attached hydrogens (tertiary/aromatic N) is 3. The van der Waals surface area contributed by atoms with Crippen molar-refractivity contribution < 1.29 is 14.6 Å². The number of nitrogens with one attached hydrogen (secondary N) is 1. The molecule has 0 bridgehead atoms. The van der Waals surface area contributed by atoms with Crippen molar-refractivity contribution in [3.8, 4) is 5.75 Å². The van der Waals surface area contributed by atoms with Gasteiger partial charge >= 0.3 is 0 Å². The van der Waals surface area contributed by atoms with E-state index >= 15 is 0 Å². The molecule has 0 unspecified atom stereocenters. The molecule has 2 heterocycles. The Morgan fingerprint density at radius 1 is 1.19 bits per heavy atom. The summed E-state index contributed by atoms with van der Waals surface area (Å²) in [4.78, 5) is 10.5. The number of rotatable bonds is 10. The van der Waals surface area contributed by atoms with E-state index < -0.39 is 5.60 Å². The molecule has 1 aliphatic rings. The second-order valence-electron chi connectivity index (χ2n) is 6.74. The maximum atomic E-state index is 10.8. The van der Waals surface area contributed by atoms with Crippen LogP contribution in [0.5, 0.6) is 5.75 Å². The van der Waals surface area contributed by atoms with Crippen LogP contribution in [0, 0.1) is 0 Å². The normalized spacial score (nSPS) is 19.4. The molecule has 1 aromatic heterocycles. The van der Waals surface area contributed by atoms with Gasteiger partial charge in [0, 0.05) is 38.6 Å². The topological polar surface area (TPSA) is 79.7 Å². The molecule has 7 heteroatoms. The number of aliphatic hydroxyl groups is 1. The maximum absolute atomic E-state index is 10.8. The average molecular weight is 372 g/mol. The third kappa shape index (κ3) is 5.89. The van der Waals surface area contributed by atoms with Crippen LogP contribution in [0.2, 0.25) is 0 Å². The second kappa shape index (κ2) is 9.64. The van der Waals surface area contributed by atoms with Crippen molar-refractivity contribution in [2.75, 3.05) is 44.4 Å². The monoisotopic (exact) mass is 372 g/mol. The molecule has 0 radical (unpaired) electrons. The van der Waals surface area contributed by atoms with E-state index in [4.69, 9.17) is 9.47 Å². The summed E-state index contributed by atoms with van der Waals surface area (Å²) in [5.41, 5.74) is 0.388. The zero-order chi connectivity index (χ0) is 19.0. The first-order valence-electron chi connectivity index (χ1n) is 9.43. The van der Waals surface area contributed by atoms with Gasteiger partial charge in [-0.3, -0.25) is 0 Å². The Labute approximate surface area is 160 Å². The summed E-state index contributed by atoms with van der Waals surface area (Å²) in [5.74, 6) is 1.51. The number of hydrogen-bond donors (Lipinski definition) is 2. The number of benzene rings is 1. The van der Waals surface area contributed by atoms with Gasteiger partial charge in [-0.05, 0) is 37.1 Å². The van der Waals surface area contributed by atoms with Crippen LogP contribution in [0.4, 0.5) is 5.95 Å². The van der Waals surface area contributed by atoms with Crippen molar-refractivity contribution in [2.24, 2.45) is 0 Å². The Bertz CT molecular complexity index is 683. The Morgan fingerprint density at radius 2 is 1.96 bits per heavy atom. The van der Waals surface area contributed by atoms with Crippen LogP contribution in [0.15, 0.2) is 42.7 Å². The van der Waals surface area contributed by atoms with E-state index in [9.17, 15) is 5.11 Å².